The highest BCUT2D eigenvalue weighted by molar-refractivity contribution is 7.15. The Balaban J connectivity index is 1.76. The molecule has 3 N–H and O–H groups in total. The van der Waals surface area contributed by atoms with Gasteiger partial charge in [-0.2, -0.15) is 0 Å². The van der Waals surface area contributed by atoms with E-state index in [2.05, 4.69) is 10.3 Å². The van der Waals surface area contributed by atoms with Gasteiger partial charge in [0.1, 0.15) is 6.26 Å². The number of aryl methyl sites for hydroxylation is 1. The molecule has 1 amide bonds. The maximum atomic E-state index is 11.8. The number of nitrogens with one attached hydrogen (secondary N) is 1. The highest BCUT2D eigenvalue weighted by Crippen LogP contribution is 2.29. The van der Waals surface area contributed by atoms with Crippen molar-refractivity contribution in [3.63, 3.8) is 0 Å². The van der Waals surface area contributed by atoms with E-state index in [0.29, 0.717) is 10.7 Å². The molecule has 0 unspecified atom stereocenters. The molecule has 2 aromatic heterocycles. The lowest BCUT2D eigenvalue weighted by atomic mass is 9.99. The quantitative estimate of drug-likeness (QED) is 0.865. The van der Waals surface area contributed by atoms with Gasteiger partial charge in [0.25, 0.3) is 5.91 Å². The van der Waals surface area contributed by atoms with Gasteiger partial charge < -0.3 is 10.2 Å². The van der Waals surface area contributed by atoms with Crippen LogP contribution in [0.1, 0.15) is 27.3 Å². The Morgan fingerprint density at radius 3 is 3.28 bits per heavy atom. The van der Waals surface area contributed by atoms with Gasteiger partial charge in [0.2, 0.25) is 0 Å². The van der Waals surface area contributed by atoms with Gasteiger partial charge in [-0.15, -0.1) is 11.3 Å². The summed E-state index contributed by atoms with van der Waals surface area (Å²) >= 11 is 1.51. The number of rotatable bonds is 2. The number of nitrogens with zero attached hydrogens (tertiary/aromatic N) is 1. The second kappa shape index (κ2) is 4.55. The Morgan fingerprint density at radius 2 is 2.50 bits per heavy atom. The van der Waals surface area contributed by atoms with Crippen LogP contribution in [0.15, 0.2) is 23.0 Å². The van der Waals surface area contributed by atoms with Crippen LogP contribution in [0.4, 0.5) is 5.13 Å². The van der Waals surface area contributed by atoms with Crippen LogP contribution in [-0.2, 0) is 12.8 Å². The molecule has 1 aliphatic rings. The van der Waals surface area contributed by atoms with Gasteiger partial charge >= 0.3 is 0 Å². The summed E-state index contributed by atoms with van der Waals surface area (Å²) in [6, 6.07) is 1.84. The van der Waals surface area contributed by atoms with Crippen LogP contribution in [0.25, 0.3) is 0 Å². The number of thiazole rings is 1. The maximum Gasteiger partial charge on any atom is 0.260 e. The second-order valence-electron chi connectivity index (χ2n) is 4.36. The first-order valence-electron chi connectivity index (χ1n) is 5.80. The maximum absolute atomic E-state index is 11.8. The zero-order chi connectivity index (χ0) is 12.5. The summed E-state index contributed by atoms with van der Waals surface area (Å²) < 4.78 is 4.87. The van der Waals surface area contributed by atoms with Crippen LogP contribution < -0.4 is 11.1 Å². The van der Waals surface area contributed by atoms with Crippen LogP contribution in [0.3, 0.4) is 0 Å². The Morgan fingerprint density at radius 1 is 1.61 bits per heavy atom. The Kier molecular flexibility index (Phi) is 2.89. The largest absolute Gasteiger partial charge is 0.472 e. The minimum atomic E-state index is -0.195. The van der Waals surface area contributed by atoms with E-state index in [-0.39, 0.29) is 11.9 Å². The first-order valence-corrected chi connectivity index (χ1v) is 6.62. The van der Waals surface area contributed by atoms with Gasteiger partial charge in [-0.05, 0) is 25.3 Å². The summed E-state index contributed by atoms with van der Waals surface area (Å²) in [5.74, 6) is -0.195. The van der Waals surface area contributed by atoms with E-state index < -0.39 is 0 Å². The van der Waals surface area contributed by atoms with Crippen molar-refractivity contribution >= 4 is 22.4 Å². The zero-order valence-corrected chi connectivity index (χ0v) is 10.5. The minimum Gasteiger partial charge on any atom is -0.472 e. The van der Waals surface area contributed by atoms with E-state index in [0.717, 1.165) is 25.0 Å². The Hall–Kier alpha value is -1.66. The van der Waals surface area contributed by atoms with E-state index in [9.17, 15) is 4.79 Å². The van der Waals surface area contributed by atoms with Gasteiger partial charge in [0.05, 0.1) is 17.5 Å². The summed E-state index contributed by atoms with van der Waals surface area (Å²) in [7, 11) is 0. The van der Waals surface area contributed by atoms with Crippen molar-refractivity contribution in [3.05, 3.63) is 34.7 Å². The highest BCUT2D eigenvalue weighted by atomic mass is 32.1. The van der Waals surface area contributed by atoms with Gasteiger partial charge in [-0.25, -0.2) is 4.98 Å². The first kappa shape index (κ1) is 11.4. The normalized spacial score (nSPS) is 18.4. The van der Waals surface area contributed by atoms with Crippen molar-refractivity contribution in [3.8, 4) is 0 Å². The van der Waals surface area contributed by atoms with Crippen molar-refractivity contribution < 1.29 is 9.21 Å². The number of carbonyl (C=O) groups excluding carboxylic acids is 1. The molecule has 0 radical (unpaired) electrons. The lowest BCUT2D eigenvalue weighted by Crippen LogP contribution is -2.27. The van der Waals surface area contributed by atoms with Crippen molar-refractivity contribution in [2.24, 2.45) is 5.73 Å². The molecular weight excluding hydrogens is 250 g/mol. The number of anilines is 1. The van der Waals surface area contributed by atoms with Gasteiger partial charge in [-0.1, -0.05) is 0 Å². The molecule has 6 heteroatoms. The molecule has 0 spiro atoms. The Bertz CT molecular complexity index is 562. The van der Waals surface area contributed by atoms with E-state index in [4.69, 9.17) is 10.2 Å². The number of hydrogen-bond acceptors (Lipinski definition) is 5. The molecule has 0 aliphatic heterocycles. The average molecular weight is 263 g/mol. The van der Waals surface area contributed by atoms with E-state index in [1.54, 1.807) is 6.07 Å². The average Bonchev–Trinajstić information content (AvgIpc) is 2.95. The number of nitrogens with two attached hydrogens (primary N) is 1. The molecule has 1 atom stereocenters. The predicted molar refractivity (Wildman–Crippen MR) is 68.8 cm³/mol. The fourth-order valence-electron chi connectivity index (χ4n) is 2.02. The molecule has 2 heterocycles. The first-order chi connectivity index (χ1) is 8.72. The number of amides is 1. The van der Waals surface area contributed by atoms with E-state index in [1.807, 2.05) is 0 Å². The number of furan rings is 1. The molecule has 3 rings (SSSR count). The molecular formula is C12H13N3O2S. The lowest BCUT2D eigenvalue weighted by molar-refractivity contribution is 0.102. The van der Waals surface area contributed by atoms with Crippen LogP contribution >= 0.6 is 11.3 Å². The molecule has 18 heavy (non-hydrogen) atoms. The molecule has 5 nitrogen and oxygen atoms in total. The molecule has 0 aromatic carbocycles. The van der Waals surface area contributed by atoms with Crippen molar-refractivity contribution in [1.82, 2.24) is 4.98 Å². The number of carbonyl (C=O) groups is 1. The van der Waals surface area contributed by atoms with Crippen molar-refractivity contribution in [1.29, 1.82) is 0 Å². The van der Waals surface area contributed by atoms with E-state index >= 15 is 0 Å². The molecule has 94 valence electrons. The third-order valence-electron chi connectivity index (χ3n) is 2.98. The zero-order valence-electron chi connectivity index (χ0n) is 9.68. The molecule has 0 saturated carbocycles. The Labute approximate surface area is 108 Å². The summed E-state index contributed by atoms with van der Waals surface area (Å²) in [5, 5.41) is 3.42. The molecule has 0 fully saturated rings. The number of aromatic nitrogens is 1. The monoisotopic (exact) mass is 263 g/mol. The standard InChI is InChI=1S/C12H13N3O2S/c13-8-1-2-9-10(5-8)18-12(14-9)15-11(16)7-3-4-17-6-7/h3-4,6,8H,1-2,5,13H2,(H,14,15,16)/t8-/m0/s1. The van der Waals surface area contributed by atoms with Crippen molar-refractivity contribution in [2.45, 2.75) is 25.3 Å². The summed E-state index contributed by atoms with van der Waals surface area (Å²) in [6.07, 6.45) is 5.61. The van der Waals surface area contributed by atoms with Crippen LogP contribution in [0.2, 0.25) is 0 Å². The molecule has 0 saturated heterocycles. The van der Waals surface area contributed by atoms with Gasteiger partial charge in [0.15, 0.2) is 5.13 Å². The molecule has 0 bridgehead atoms. The van der Waals surface area contributed by atoms with E-state index in [1.165, 1.54) is 28.7 Å². The third-order valence-corrected chi connectivity index (χ3v) is 4.02. The highest BCUT2D eigenvalue weighted by Gasteiger charge is 2.21. The summed E-state index contributed by atoms with van der Waals surface area (Å²) in [4.78, 5) is 17.4. The summed E-state index contributed by atoms with van der Waals surface area (Å²) in [6.45, 7) is 0. The third kappa shape index (κ3) is 2.16. The minimum absolute atomic E-state index is 0.195. The number of fused-ring (bicyclic) bond motifs is 1. The fraction of sp³-hybridized carbons (Fsp3) is 0.333. The van der Waals surface area contributed by atoms with Crippen LogP contribution in [0.5, 0.6) is 0 Å². The molecule has 2 aromatic rings. The molecule has 1 aliphatic carbocycles. The van der Waals surface area contributed by atoms with Gasteiger partial charge in [0, 0.05) is 10.9 Å². The smallest absolute Gasteiger partial charge is 0.260 e. The second-order valence-corrected chi connectivity index (χ2v) is 5.44. The van der Waals surface area contributed by atoms with Crippen LogP contribution in [-0.4, -0.2) is 16.9 Å². The number of hydrogen-bond donors (Lipinski definition) is 2. The van der Waals surface area contributed by atoms with Crippen LogP contribution in [0, 0.1) is 0 Å². The SMILES string of the molecule is N[C@H]1CCc2nc(NC(=O)c3ccoc3)sc2C1. The van der Waals surface area contributed by atoms with Gasteiger partial charge in [-0.3, -0.25) is 10.1 Å². The topological polar surface area (TPSA) is 81.1 Å². The predicted octanol–water partition coefficient (Wildman–Crippen LogP) is 1.80. The summed E-state index contributed by atoms with van der Waals surface area (Å²) in [5.41, 5.74) is 7.49. The lowest BCUT2D eigenvalue weighted by Gasteiger charge is -2.15. The fourth-order valence-corrected chi connectivity index (χ4v) is 3.11. The van der Waals surface area contributed by atoms with Crippen molar-refractivity contribution in [2.75, 3.05) is 5.32 Å².